The lowest BCUT2D eigenvalue weighted by atomic mass is 9.76. The first-order valence-corrected chi connectivity index (χ1v) is 5.66. The fourth-order valence-corrected chi connectivity index (χ4v) is 2.30. The van der Waals surface area contributed by atoms with Gasteiger partial charge in [-0.15, -0.1) is 0 Å². The van der Waals surface area contributed by atoms with E-state index in [1.807, 2.05) is 13.1 Å². The van der Waals surface area contributed by atoms with Gasteiger partial charge in [-0.3, -0.25) is 0 Å². The lowest BCUT2D eigenvalue weighted by Gasteiger charge is -2.30. The van der Waals surface area contributed by atoms with Crippen LogP contribution in [0.2, 0.25) is 0 Å². The van der Waals surface area contributed by atoms with Crippen molar-refractivity contribution in [1.82, 2.24) is 4.98 Å². The monoisotopic (exact) mass is 215 g/mol. The molecule has 0 aliphatic heterocycles. The van der Waals surface area contributed by atoms with E-state index in [4.69, 9.17) is 5.26 Å². The molecule has 3 heteroatoms. The van der Waals surface area contributed by atoms with Gasteiger partial charge in [0.05, 0.1) is 5.56 Å². The summed E-state index contributed by atoms with van der Waals surface area (Å²) in [4.78, 5) is 4.53. The predicted octanol–water partition coefficient (Wildman–Crippen LogP) is 2.51. The van der Waals surface area contributed by atoms with Crippen LogP contribution in [0.4, 0.5) is 5.82 Å². The van der Waals surface area contributed by atoms with E-state index in [0.717, 1.165) is 18.5 Å². The number of nitriles is 1. The van der Waals surface area contributed by atoms with Gasteiger partial charge in [-0.2, -0.15) is 5.26 Å². The van der Waals surface area contributed by atoms with Gasteiger partial charge in [-0.25, -0.2) is 4.98 Å². The van der Waals surface area contributed by atoms with Gasteiger partial charge < -0.3 is 5.32 Å². The molecule has 1 aliphatic carbocycles. The predicted molar refractivity (Wildman–Crippen MR) is 64.3 cm³/mol. The second kappa shape index (κ2) is 3.79. The third-order valence-corrected chi connectivity index (χ3v) is 3.26. The van der Waals surface area contributed by atoms with E-state index in [1.54, 1.807) is 0 Å². The Balaban J connectivity index is 2.47. The van der Waals surface area contributed by atoms with Gasteiger partial charge >= 0.3 is 0 Å². The molecule has 0 unspecified atom stereocenters. The lowest BCUT2D eigenvalue weighted by molar-refractivity contribution is 0.312. The number of fused-ring (bicyclic) bond motifs is 1. The Bertz CT molecular complexity index is 455. The topological polar surface area (TPSA) is 48.7 Å². The molecule has 1 N–H and O–H groups in total. The van der Waals surface area contributed by atoms with E-state index < -0.39 is 0 Å². The molecule has 1 aromatic heterocycles. The van der Waals surface area contributed by atoms with E-state index in [9.17, 15) is 0 Å². The van der Waals surface area contributed by atoms with E-state index in [1.165, 1.54) is 12.0 Å². The number of hydrogen-bond acceptors (Lipinski definition) is 3. The van der Waals surface area contributed by atoms with Crippen molar-refractivity contribution < 1.29 is 0 Å². The Morgan fingerprint density at radius 2 is 2.25 bits per heavy atom. The molecule has 0 spiro atoms. The first-order chi connectivity index (χ1) is 7.55. The van der Waals surface area contributed by atoms with Crippen LogP contribution in [-0.4, -0.2) is 12.0 Å². The van der Waals surface area contributed by atoms with Gasteiger partial charge in [-0.05, 0) is 36.3 Å². The van der Waals surface area contributed by atoms with Crippen LogP contribution in [0, 0.1) is 16.7 Å². The van der Waals surface area contributed by atoms with Crippen LogP contribution >= 0.6 is 0 Å². The van der Waals surface area contributed by atoms with Gasteiger partial charge in [0.2, 0.25) is 0 Å². The normalized spacial score (nSPS) is 17.4. The molecule has 0 fully saturated rings. The smallest absolute Gasteiger partial charge is 0.143 e. The van der Waals surface area contributed by atoms with Crippen molar-refractivity contribution in [3.63, 3.8) is 0 Å². The molecule has 16 heavy (non-hydrogen) atoms. The van der Waals surface area contributed by atoms with Gasteiger partial charge in [-0.1, -0.05) is 13.8 Å². The molecule has 0 saturated carbocycles. The number of rotatable bonds is 1. The largest absolute Gasteiger partial charge is 0.372 e. The zero-order valence-electron chi connectivity index (χ0n) is 10.1. The van der Waals surface area contributed by atoms with Crippen LogP contribution in [0.1, 0.15) is 37.1 Å². The number of nitrogens with one attached hydrogen (secondary N) is 1. The van der Waals surface area contributed by atoms with Crippen molar-refractivity contribution in [2.24, 2.45) is 5.41 Å². The van der Waals surface area contributed by atoms with E-state index >= 15 is 0 Å². The van der Waals surface area contributed by atoms with Crippen molar-refractivity contribution in [2.45, 2.75) is 33.1 Å². The average molecular weight is 215 g/mol. The molecule has 0 saturated heterocycles. The number of hydrogen-bond donors (Lipinski definition) is 1. The number of nitrogens with zero attached hydrogens (tertiary/aromatic N) is 2. The summed E-state index contributed by atoms with van der Waals surface area (Å²) >= 11 is 0. The summed E-state index contributed by atoms with van der Waals surface area (Å²) in [5, 5.41) is 12.0. The maximum atomic E-state index is 9.05. The van der Waals surface area contributed by atoms with E-state index in [2.05, 4.69) is 30.2 Å². The number of anilines is 1. The minimum atomic E-state index is 0.336. The van der Waals surface area contributed by atoms with Crippen LogP contribution in [-0.2, 0) is 12.8 Å². The number of aryl methyl sites for hydroxylation is 1. The summed E-state index contributed by atoms with van der Waals surface area (Å²) in [6.45, 7) is 4.54. The molecule has 3 nitrogen and oxygen atoms in total. The van der Waals surface area contributed by atoms with Crippen molar-refractivity contribution in [1.29, 1.82) is 5.26 Å². The highest BCUT2D eigenvalue weighted by atomic mass is 15.0. The molecule has 2 rings (SSSR count). The van der Waals surface area contributed by atoms with Crippen LogP contribution in [0.25, 0.3) is 0 Å². The maximum absolute atomic E-state index is 9.05. The quantitative estimate of drug-likeness (QED) is 0.783. The molecule has 84 valence electrons. The standard InChI is InChI=1S/C13H17N3/c1-13(2)5-4-11-9(7-13)6-10(8-14)12(15-3)16-11/h6H,4-5,7H2,1-3H3,(H,15,16). The zero-order valence-corrected chi connectivity index (χ0v) is 10.1. The second-order valence-corrected chi connectivity index (χ2v) is 5.19. The van der Waals surface area contributed by atoms with Gasteiger partial charge in [0.15, 0.2) is 0 Å². The van der Waals surface area contributed by atoms with Crippen molar-refractivity contribution in [3.05, 3.63) is 22.9 Å². The Morgan fingerprint density at radius 3 is 2.88 bits per heavy atom. The molecule has 1 heterocycles. The molecule has 0 bridgehead atoms. The van der Waals surface area contributed by atoms with Crippen LogP contribution in [0.3, 0.4) is 0 Å². The number of pyridine rings is 1. The fraction of sp³-hybridized carbons (Fsp3) is 0.538. The molecular weight excluding hydrogens is 198 g/mol. The summed E-state index contributed by atoms with van der Waals surface area (Å²) in [6, 6.07) is 4.19. The Hall–Kier alpha value is -1.56. The lowest BCUT2D eigenvalue weighted by Crippen LogP contribution is -2.23. The zero-order chi connectivity index (χ0) is 11.8. The summed E-state index contributed by atoms with van der Waals surface area (Å²) in [6.07, 6.45) is 3.21. The molecule has 0 aromatic carbocycles. The third-order valence-electron chi connectivity index (χ3n) is 3.26. The highest BCUT2D eigenvalue weighted by Gasteiger charge is 2.26. The van der Waals surface area contributed by atoms with Crippen molar-refractivity contribution >= 4 is 5.82 Å². The summed E-state index contributed by atoms with van der Waals surface area (Å²) in [5.74, 6) is 0.709. The fourth-order valence-electron chi connectivity index (χ4n) is 2.30. The SMILES string of the molecule is CNc1nc2c(cc1C#N)CC(C)(C)CC2. The van der Waals surface area contributed by atoms with Gasteiger partial charge in [0, 0.05) is 12.7 Å². The Kier molecular flexibility index (Phi) is 2.59. The highest BCUT2D eigenvalue weighted by molar-refractivity contribution is 5.54. The van der Waals surface area contributed by atoms with E-state index in [-0.39, 0.29) is 0 Å². The molecular formula is C13H17N3. The number of aromatic nitrogens is 1. The molecule has 1 aromatic rings. The summed E-state index contributed by atoms with van der Waals surface area (Å²) in [5.41, 5.74) is 3.39. The van der Waals surface area contributed by atoms with Crippen molar-refractivity contribution in [2.75, 3.05) is 12.4 Å². The first-order valence-electron chi connectivity index (χ1n) is 5.66. The molecule has 0 atom stereocenters. The van der Waals surface area contributed by atoms with E-state index in [0.29, 0.717) is 16.8 Å². The van der Waals surface area contributed by atoms with Crippen LogP contribution < -0.4 is 5.32 Å². The minimum absolute atomic E-state index is 0.336. The molecule has 1 aliphatic rings. The van der Waals surface area contributed by atoms with Crippen molar-refractivity contribution in [3.8, 4) is 6.07 Å². The third kappa shape index (κ3) is 1.88. The second-order valence-electron chi connectivity index (χ2n) is 5.19. The molecule has 0 amide bonds. The van der Waals surface area contributed by atoms with Gasteiger partial charge in [0.1, 0.15) is 11.9 Å². The molecule has 0 radical (unpaired) electrons. The minimum Gasteiger partial charge on any atom is -0.372 e. The van der Waals surface area contributed by atoms with Crippen LogP contribution in [0.15, 0.2) is 6.07 Å². The average Bonchev–Trinajstić information content (AvgIpc) is 2.26. The first kappa shape index (κ1) is 10.9. The highest BCUT2D eigenvalue weighted by Crippen LogP contribution is 2.35. The Morgan fingerprint density at radius 1 is 1.50 bits per heavy atom. The summed E-state index contributed by atoms with van der Waals surface area (Å²) in [7, 11) is 1.81. The summed E-state index contributed by atoms with van der Waals surface area (Å²) < 4.78 is 0. The Labute approximate surface area is 96.5 Å². The maximum Gasteiger partial charge on any atom is 0.143 e. The van der Waals surface area contributed by atoms with Gasteiger partial charge in [0.25, 0.3) is 0 Å². The van der Waals surface area contributed by atoms with Crippen LogP contribution in [0.5, 0.6) is 0 Å².